The van der Waals surface area contributed by atoms with Gasteiger partial charge in [0, 0.05) is 32.4 Å². The molecule has 4 heteroatoms. The molecule has 0 amide bonds. The van der Waals surface area contributed by atoms with Crippen molar-refractivity contribution in [2.24, 2.45) is 0 Å². The van der Waals surface area contributed by atoms with E-state index in [1.54, 1.807) is 5.56 Å². The second-order valence-electron chi connectivity index (χ2n) is 8.49. The molecule has 3 rings (SSSR count). The summed E-state index contributed by atoms with van der Waals surface area (Å²) in [6.45, 7) is 5.13. The fourth-order valence-electron chi connectivity index (χ4n) is 4.20. The molecular weight excluding hydrogens is 575 g/mol. The Morgan fingerprint density at radius 2 is 1.75 bits per heavy atom. The maximum Gasteiger partial charge on any atom is 0.155 e. The van der Waals surface area contributed by atoms with Crippen molar-refractivity contribution in [1.82, 2.24) is 4.98 Å². The van der Waals surface area contributed by atoms with E-state index in [2.05, 4.69) is 31.3 Å². The van der Waals surface area contributed by atoms with Crippen LogP contribution in [0, 0.1) is 6.07 Å². The van der Waals surface area contributed by atoms with Gasteiger partial charge in [0.2, 0.25) is 0 Å². The predicted molar refractivity (Wildman–Crippen MR) is 129 cm³/mol. The van der Waals surface area contributed by atoms with Crippen LogP contribution in [0.3, 0.4) is 0 Å². The number of fused-ring (bicyclic) bond motifs is 1. The number of carbonyl (C=O) groups is 1. The van der Waals surface area contributed by atoms with Gasteiger partial charge in [0.05, 0.1) is 5.76 Å². The molecule has 1 aromatic heterocycles. The van der Waals surface area contributed by atoms with Crippen molar-refractivity contribution in [2.75, 3.05) is 0 Å². The molecule has 0 aliphatic heterocycles. The van der Waals surface area contributed by atoms with Gasteiger partial charge in [-0.2, -0.15) is 0 Å². The van der Waals surface area contributed by atoms with E-state index in [9.17, 15) is 4.79 Å². The average molecular weight is 613 g/mol. The molecule has 1 aromatic carbocycles. The zero-order chi connectivity index (χ0) is 22.5. The first-order chi connectivity index (χ1) is 15.0. The molecule has 0 bridgehead atoms. The van der Waals surface area contributed by atoms with Crippen LogP contribution < -0.4 is 0 Å². The van der Waals surface area contributed by atoms with Crippen LogP contribution >= 0.6 is 0 Å². The van der Waals surface area contributed by atoms with E-state index >= 15 is 0 Å². The molecule has 0 fully saturated rings. The van der Waals surface area contributed by atoms with Crippen molar-refractivity contribution in [1.29, 1.82) is 0 Å². The van der Waals surface area contributed by atoms with Crippen molar-refractivity contribution in [3.05, 3.63) is 65.1 Å². The van der Waals surface area contributed by atoms with Gasteiger partial charge >= 0.3 is 0 Å². The molecule has 177 valence electrons. The van der Waals surface area contributed by atoms with Crippen LogP contribution in [0.2, 0.25) is 0 Å². The number of aliphatic hydroxyl groups excluding tert-OH is 1. The van der Waals surface area contributed by atoms with Gasteiger partial charge < -0.3 is 10.1 Å². The number of aromatic nitrogens is 1. The molecule has 1 N–H and O–H groups in total. The Morgan fingerprint density at radius 3 is 2.34 bits per heavy atom. The molecule has 1 aliphatic rings. The van der Waals surface area contributed by atoms with Crippen molar-refractivity contribution in [3.63, 3.8) is 0 Å². The van der Waals surface area contributed by atoms with Crippen LogP contribution in [0.15, 0.2) is 42.3 Å². The molecule has 0 saturated carbocycles. The average Bonchev–Trinajstić information content (AvgIpc) is 2.76. The number of aliphatic hydroxyl groups is 1. The Morgan fingerprint density at radius 1 is 1.06 bits per heavy atom. The summed E-state index contributed by atoms with van der Waals surface area (Å²) in [5.74, 6) is -0.0625. The van der Waals surface area contributed by atoms with Crippen LogP contribution in [-0.2, 0) is 44.2 Å². The van der Waals surface area contributed by atoms with Gasteiger partial charge in [-0.15, -0.1) is 35.9 Å². The SMILES string of the molecule is CC(=O)/C=C(/C)O.CCCCCCCCc1cnc(-c2[c-]cccc2)c2c1CCCC2.[Ir]. The second-order valence-corrected chi connectivity index (χ2v) is 8.49. The first kappa shape index (κ1) is 28.3. The van der Waals surface area contributed by atoms with E-state index < -0.39 is 0 Å². The third-order valence-corrected chi connectivity index (χ3v) is 5.67. The van der Waals surface area contributed by atoms with Crippen molar-refractivity contribution in [2.45, 2.75) is 91.4 Å². The maximum atomic E-state index is 10.0. The summed E-state index contributed by atoms with van der Waals surface area (Å²) in [6, 6.07) is 11.6. The van der Waals surface area contributed by atoms with Crippen molar-refractivity contribution in [3.8, 4) is 11.3 Å². The summed E-state index contributed by atoms with van der Waals surface area (Å²) in [7, 11) is 0. The number of carbonyl (C=O) groups excluding carboxylic acids is 1. The molecular formula is C28H38IrNO2-. The van der Waals surface area contributed by atoms with Crippen LogP contribution in [0.1, 0.15) is 88.8 Å². The van der Waals surface area contributed by atoms with Crippen LogP contribution in [0.5, 0.6) is 0 Å². The number of benzene rings is 1. The van der Waals surface area contributed by atoms with Gasteiger partial charge in [0.25, 0.3) is 0 Å². The van der Waals surface area contributed by atoms with E-state index in [-0.39, 0.29) is 31.6 Å². The molecule has 0 unspecified atom stereocenters. The standard InChI is InChI=1S/C23H30N.C5H8O2.Ir/c1-2-3-4-5-6-8-15-20-18-24-23(19-13-9-7-10-14-19)22-17-12-11-16-21(20)22;1-4(6)3-5(2)7;/h7,9-10,13,18H,2-6,8,11-12,15-17H2,1H3;3,6H,1-2H3;/q-1;;/b;4-3-;. The van der Waals surface area contributed by atoms with E-state index in [0.29, 0.717) is 0 Å². The second kappa shape index (κ2) is 15.9. The minimum atomic E-state index is -0.125. The number of allylic oxidation sites excluding steroid dienone is 2. The molecule has 1 radical (unpaired) electrons. The predicted octanol–water partition coefficient (Wildman–Crippen LogP) is 7.37. The molecule has 3 nitrogen and oxygen atoms in total. The smallest absolute Gasteiger partial charge is 0.155 e. The summed E-state index contributed by atoms with van der Waals surface area (Å²) in [5, 5.41) is 8.36. The summed E-state index contributed by atoms with van der Waals surface area (Å²) < 4.78 is 0. The molecule has 0 spiro atoms. The molecule has 1 aliphatic carbocycles. The van der Waals surface area contributed by atoms with Crippen molar-refractivity contribution >= 4 is 5.78 Å². The van der Waals surface area contributed by atoms with E-state index in [1.807, 2.05) is 12.1 Å². The Bertz CT molecular complexity index is 842. The van der Waals surface area contributed by atoms with E-state index in [0.717, 1.165) is 5.56 Å². The number of aryl methyl sites for hydroxylation is 1. The summed E-state index contributed by atoms with van der Waals surface area (Å²) in [5.41, 5.74) is 6.96. The number of hydrogen-bond acceptors (Lipinski definition) is 3. The third-order valence-electron chi connectivity index (χ3n) is 5.67. The quantitative estimate of drug-likeness (QED) is 0.139. The number of nitrogens with zero attached hydrogens (tertiary/aromatic N) is 1. The molecule has 0 saturated heterocycles. The first-order valence-corrected chi connectivity index (χ1v) is 11.9. The maximum absolute atomic E-state index is 10.0. The fraction of sp³-hybridized carbons (Fsp3) is 0.500. The molecule has 32 heavy (non-hydrogen) atoms. The van der Waals surface area contributed by atoms with Gasteiger partial charge in [0.15, 0.2) is 5.78 Å². The zero-order valence-corrected chi connectivity index (χ0v) is 22.3. The summed E-state index contributed by atoms with van der Waals surface area (Å²) in [4.78, 5) is 14.9. The zero-order valence-electron chi connectivity index (χ0n) is 19.9. The number of ketones is 1. The van der Waals surface area contributed by atoms with Crippen LogP contribution in [-0.4, -0.2) is 15.9 Å². The molecule has 2 aromatic rings. The Hall–Kier alpha value is -1.77. The summed E-state index contributed by atoms with van der Waals surface area (Å²) >= 11 is 0. The number of hydrogen-bond donors (Lipinski definition) is 1. The van der Waals surface area contributed by atoms with E-state index in [4.69, 9.17) is 10.1 Å². The minimum Gasteiger partial charge on any atom is -0.512 e. The normalized spacial score (nSPS) is 12.8. The number of pyridine rings is 1. The molecule has 0 atom stereocenters. The largest absolute Gasteiger partial charge is 0.512 e. The van der Waals surface area contributed by atoms with Gasteiger partial charge in [-0.3, -0.25) is 4.79 Å². The van der Waals surface area contributed by atoms with Crippen molar-refractivity contribution < 1.29 is 30.0 Å². The van der Waals surface area contributed by atoms with Gasteiger partial charge in [-0.1, -0.05) is 44.6 Å². The van der Waals surface area contributed by atoms with Crippen LogP contribution in [0.25, 0.3) is 11.3 Å². The van der Waals surface area contributed by atoms with Gasteiger partial charge in [-0.25, -0.2) is 0 Å². The fourth-order valence-corrected chi connectivity index (χ4v) is 4.20. The number of unbranched alkanes of at least 4 members (excludes halogenated alkanes) is 5. The molecule has 1 heterocycles. The Labute approximate surface area is 208 Å². The third kappa shape index (κ3) is 9.79. The topological polar surface area (TPSA) is 50.2 Å². The number of rotatable bonds is 9. The minimum absolute atomic E-state index is 0. The van der Waals surface area contributed by atoms with Gasteiger partial charge in [-0.05, 0) is 69.2 Å². The monoisotopic (exact) mass is 613 g/mol. The van der Waals surface area contributed by atoms with E-state index in [1.165, 1.54) is 107 Å². The van der Waals surface area contributed by atoms with Gasteiger partial charge in [0.1, 0.15) is 0 Å². The summed E-state index contributed by atoms with van der Waals surface area (Å²) in [6.07, 6.45) is 17.8. The van der Waals surface area contributed by atoms with Crippen LogP contribution in [0.4, 0.5) is 0 Å². The first-order valence-electron chi connectivity index (χ1n) is 11.9. The Balaban J connectivity index is 0.000000558. The Kier molecular flexibility index (Phi) is 14.1.